The molecular weight excluding hydrogens is 234 g/mol. The summed E-state index contributed by atoms with van der Waals surface area (Å²) in [5.41, 5.74) is -0.326. The van der Waals surface area contributed by atoms with Crippen LogP contribution in [-0.4, -0.2) is 36.7 Å². The average Bonchev–Trinajstić information content (AvgIpc) is 2.79. The molecule has 2 N–H and O–H groups in total. The van der Waals surface area contributed by atoms with Gasteiger partial charge in [-0.2, -0.15) is 0 Å². The molecule has 5 nitrogen and oxygen atoms in total. The predicted molar refractivity (Wildman–Crippen MR) is 67.3 cm³/mol. The van der Waals surface area contributed by atoms with Crippen molar-refractivity contribution in [1.29, 1.82) is 0 Å². The van der Waals surface area contributed by atoms with Crippen LogP contribution in [-0.2, 0) is 14.3 Å². The van der Waals surface area contributed by atoms with Gasteiger partial charge >= 0.3 is 5.97 Å². The van der Waals surface area contributed by atoms with Crippen molar-refractivity contribution in [2.75, 3.05) is 19.8 Å². The van der Waals surface area contributed by atoms with E-state index < -0.39 is 5.97 Å². The lowest BCUT2D eigenvalue weighted by atomic mass is 9.82. The molecule has 1 fully saturated rings. The minimum atomic E-state index is -0.884. The van der Waals surface area contributed by atoms with Crippen molar-refractivity contribution in [1.82, 2.24) is 5.32 Å². The quantitative estimate of drug-likeness (QED) is 0.647. The van der Waals surface area contributed by atoms with Crippen LogP contribution in [0.15, 0.2) is 0 Å². The molecule has 0 aromatic carbocycles. The Labute approximate surface area is 108 Å². The minimum Gasteiger partial charge on any atom is -0.481 e. The number of carbonyl (C=O) groups is 2. The smallest absolute Gasteiger partial charge is 0.305 e. The summed E-state index contributed by atoms with van der Waals surface area (Å²) in [6.07, 6.45) is 4.63. The van der Waals surface area contributed by atoms with Crippen LogP contribution in [0, 0.1) is 5.41 Å². The molecule has 0 saturated heterocycles. The van der Waals surface area contributed by atoms with E-state index >= 15 is 0 Å². The third-order valence-electron chi connectivity index (χ3n) is 3.60. The zero-order chi connectivity index (χ0) is 13.4. The van der Waals surface area contributed by atoms with E-state index in [2.05, 4.69) is 5.32 Å². The zero-order valence-electron chi connectivity index (χ0n) is 11.0. The zero-order valence-corrected chi connectivity index (χ0v) is 11.0. The van der Waals surface area contributed by atoms with Gasteiger partial charge in [0.2, 0.25) is 5.91 Å². The largest absolute Gasteiger partial charge is 0.481 e. The first-order chi connectivity index (χ1) is 8.60. The number of ether oxygens (including phenoxy) is 1. The summed E-state index contributed by atoms with van der Waals surface area (Å²) in [5.74, 6) is -0.883. The number of hydrogen-bond donors (Lipinski definition) is 2. The van der Waals surface area contributed by atoms with Crippen molar-refractivity contribution in [3.05, 3.63) is 0 Å². The van der Waals surface area contributed by atoms with Gasteiger partial charge < -0.3 is 15.2 Å². The van der Waals surface area contributed by atoms with E-state index in [1.165, 1.54) is 0 Å². The molecular formula is C13H23NO4. The number of hydrogen-bond acceptors (Lipinski definition) is 3. The average molecular weight is 257 g/mol. The molecule has 0 unspecified atom stereocenters. The van der Waals surface area contributed by atoms with E-state index in [4.69, 9.17) is 9.84 Å². The van der Waals surface area contributed by atoms with E-state index in [0.29, 0.717) is 13.2 Å². The van der Waals surface area contributed by atoms with Gasteiger partial charge in [0, 0.05) is 19.8 Å². The van der Waals surface area contributed by atoms with E-state index in [1.807, 2.05) is 6.92 Å². The molecule has 0 aromatic rings. The number of rotatable bonds is 8. The Hall–Kier alpha value is -1.10. The van der Waals surface area contributed by atoms with E-state index in [1.54, 1.807) is 0 Å². The van der Waals surface area contributed by atoms with Crippen LogP contribution >= 0.6 is 0 Å². The van der Waals surface area contributed by atoms with Crippen LogP contribution in [0.3, 0.4) is 0 Å². The second-order valence-corrected chi connectivity index (χ2v) is 4.83. The molecule has 0 aliphatic heterocycles. The molecule has 5 heteroatoms. The highest BCUT2D eigenvalue weighted by Gasteiger charge is 2.40. The van der Waals surface area contributed by atoms with Crippen LogP contribution in [0.5, 0.6) is 0 Å². The fourth-order valence-electron chi connectivity index (χ4n) is 2.52. The molecule has 104 valence electrons. The topological polar surface area (TPSA) is 75.6 Å². The fourth-order valence-corrected chi connectivity index (χ4v) is 2.52. The number of carboxylic acid groups (broad SMARTS) is 1. The van der Waals surface area contributed by atoms with Crippen molar-refractivity contribution in [2.24, 2.45) is 5.41 Å². The molecule has 0 heterocycles. The number of nitrogens with one attached hydrogen (secondary N) is 1. The molecule has 0 atom stereocenters. The van der Waals surface area contributed by atoms with Gasteiger partial charge in [0.15, 0.2) is 0 Å². The van der Waals surface area contributed by atoms with Gasteiger partial charge in [0.25, 0.3) is 0 Å². The number of carboxylic acids is 1. The first-order valence-corrected chi connectivity index (χ1v) is 6.68. The van der Waals surface area contributed by atoms with Crippen molar-refractivity contribution >= 4 is 11.9 Å². The second-order valence-electron chi connectivity index (χ2n) is 4.83. The van der Waals surface area contributed by atoms with E-state index in [0.717, 1.165) is 32.1 Å². The molecule has 1 rings (SSSR count). The van der Waals surface area contributed by atoms with Gasteiger partial charge in [-0.05, 0) is 26.2 Å². The summed E-state index contributed by atoms with van der Waals surface area (Å²) >= 11 is 0. The molecule has 0 radical (unpaired) electrons. The minimum absolute atomic E-state index is 0.000882. The van der Waals surface area contributed by atoms with Crippen LogP contribution in [0.1, 0.15) is 45.4 Å². The number of aliphatic carboxylic acids is 1. The van der Waals surface area contributed by atoms with Crippen LogP contribution in [0.25, 0.3) is 0 Å². The molecule has 1 aliphatic carbocycles. The maximum Gasteiger partial charge on any atom is 0.305 e. The van der Waals surface area contributed by atoms with E-state index in [-0.39, 0.29) is 24.3 Å². The van der Waals surface area contributed by atoms with Gasteiger partial charge in [0.05, 0.1) is 11.8 Å². The third-order valence-corrected chi connectivity index (χ3v) is 3.60. The summed E-state index contributed by atoms with van der Waals surface area (Å²) in [7, 11) is 0. The van der Waals surface area contributed by atoms with Gasteiger partial charge in [-0.3, -0.25) is 9.59 Å². The molecule has 0 bridgehead atoms. The maximum atomic E-state index is 12.2. The third kappa shape index (κ3) is 4.29. The number of amides is 1. The Kier molecular flexibility index (Phi) is 6.12. The monoisotopic (exact) mass is 257 g/mol. The molecule has 18 heavy (non-hydrogen) atoms. The van der Waals surface area contributed by atoms with Crippen molar-refractivity contribution in [3.63, 3.8) is 0 Å². The molecule has 1 saturated carbocycles. The standard InChI is InChI=1S/C13H23NO4/c1-2-18-10-8-13(6-3-4-7-13)12(17)14-9-5-11(15)16/h2-10H2,1H3,(H,14,17)(H,15,16). The first kappa shape index (κ1) is 15.0. The van der Waals surface area contributed by atoms with Gasteiger partial charge in [-0.15, -0.1) is 0 Å². The summed E-state index contributed by atoms with van der Waals surface area (Å²) in [6.45, 7) is 3.42. The Balaban J connectivity index is 2.44. The first-order valence-electron chi connectivity index (χ1n) is 6.68. The van der Waals surface area contributed by atoms with Crippen molar-refractivity contribution in [2.45, 2.75) is 45.4 Å². The Morgan fingerprint density at radius 3 is 2.56 bits per heavy atom. The predicted octanol–water partition coefficient (Wildman–Crippen LogP) is 1.56. The Bertz CT molecular complexity index is 285. The SMILES string of the molecule is CCOCCC1(C(=O)NCCC(=O)O)CCCC1. The lowest BCUT2D eigenvalue weighted by Crippen LogP contribution is -2.40. The highest BCUT2D eigenvalue weighted by Crippen LogP contribution is 2.41. The molecule has 0 spiro atoms. The molecule has 1 amide bonds. The van der Waals surface area contributed by atoms with Crippen LogP contribution in [0.2, 0.25) is 0 Å². The van der Waals surface area contributed by atoms with Gasteiger partial charge in [0.1, 0.15) is 0 Å². The maximum absolute atomic E-state index is 12.2. The lowest BCUT2D eigenvalue weighted by molar-refractivity contribution is -0.137. The second kappa shape index (κ2) is 7.36. The summed E-state index contributed by atoms with van der Waals surface area (Å²) < 4.78 is 5.34. The lowest BCUT2D eigenvalue weighted by Gasteiger charge is -2.27. The van der Waals surface area contributed by atoms with Crippen LogP contribution in [0.4, 0.5) is 0 Å². The summed E-state index contributed by atoms with van der Waals surface area (Å²) in [6, 6.07) is 0. The summed E-state index contributed by atoms with van der Waals surface area (Å²) in [5, 5.41) is 11.3. The Morgan fingerprint density at radius 1 is 1.33 bits per heavy atom. The normalized spacial score (nSPS) is 17.6. The Morgan fingerprint density at radius 2 is 2.00 bits per heavy atom. The summed E-state index contributed by atoms with van der Waals surface area (Å²) in [4.78, 5) is 22.6. The highest BCUT2D eigenvalue weighted by molar-refractivity contribution is 5.83. The van der Waals surface area contributed by atoms with Gasteiger partial charge in [-0.25, -0.2) is 0 Å². The van der Waals surface area contributed by atoms with E-state index in [9.17, 15) is 9.59 Å². The van der Waals surface area contributed by atoms with Crippen molar-refractivity contribution in [3.8, 4) is 0 Å². The van der Waals surface area contributed by atoms with Crippen molar-refractivity contribution < 1.29 is 19.4 Å². The fraction of sp³-hybridized carbons (Fsp3) is 0.846. The molecule has 0 aromatic heterocycles. The highest BCUT2D eigenvalue weighted by atomic mass is 16.5. The molecule has 1 aliphatic rings. The van der Waals surface area contributed by atoms with Crippen LogP contribution < -0.4 is 5.32 Å². The van der Waals surface area contributed by atoms with Gasteiger partial charge in [-0.1, -0.05) is 12.8 Å². The number of carbonyl (C=O) groups excluding carboxylic acids is 1.